The summed E-state index contributed by atoms with van der Waals surface area (Å²) < 4.78 is 39.7. The van der Waals surface area contributed by atoms with Crippen molar-refractivity contribution in [1.29, 1.82) is 0 Å². The molecule has 0 atom stereocenters. The van der Waals surface area contributed by atoms with Gasteiger partial charge in [0.05, 0.1) is 17.6 Å². The number of rotatable bonds is 6. The quantitative estimate of drug-likeness (QED) is 0.240. The predicted molar refractivity (Wildman–Crippen MR) is 153 cm³/mol. The van der Waals surface area contributed by atoms with Gasteiger partial charge in [0, 0.05) is 24.7 Å². The second-order valence-electron chi connectivity index (χ2n) is 10.2. The number of carbonyl (C=O) groups excluding carboxylic acids is 1. The van der Waals surface area contributed by atoms with Crippen LogP contribution in [-0.4, -0.2) is 50.7 Å². The second kappa shape index (κ2) is 13.4. The number of alkyl halides is 3. The Bertz CT molecular complexity index is 1510. The number of carboxylic acids is 1. The van der Waals surface area contributed by atoms with E-state index < -0.39 is 12.1 Å². The van der Waals surface area contributed by atoms with Crippen LogP contribution >= 0.6 is 0 Å². The third-order valence-electron chi connectivity index (χ3n) is 7.18. The number of benzene rings is 3. The molecule has 1 saturated carbocycles. The van der Waals surface area contributed by atoms with Crippen molar-refractivity contribution in [3.8, 4) is 11.5 Å². The number of hydrogen-bond donors (Lipinski definition) is 2. The number of para-hydroxylation sites is 1. The highest BCUT2D eigenvalue weighted by Crippen LogP contribution is 2.28. The highest BCUT2D eigenvalue weighted by molar-refractivity contribution is 5.94. The monoisotopic (exact) mass is 582 g/mol. The number of aromatic nitrogens is 2. The van der Waals surface area contributed by atoms with Crippen LogP contribution < -0.4 is 10.5 Å². The third-order valence-corrected chi connectivity index (χ3v) is 7.18. The highest BCUT2D eigenvalue weighted by atomic mass is 19.4. The first-order chi connectivity index (χ1) is 20.0. The van der Waals surface area contributed by atoms with Gasteiger partial charge in [-0.15, -0.1) is 0 Å². The van der Waals surface area contributed by atoms with E-state index in [1.54, 1.807) is 0 Å². The van der Waals surface area contributed by atoms with Crippen LogP contribution in [0.3, 0.4) is 0 Å². The zero-order valence-electron chi connectivity index (χ0n) is 23.2. The Hall–Kier alpha value is -4.54. The lowest BCUT2D eigenvalue weighted by Crippen LogP contribution is -2.36. The molecule has 222 valence electrons. The van der Waals surface area contributed by atoms with Crippen LogP contribution in [0.4, 0.5) is 19.1 Å². The minimum absolute atomic E-state index is 0.0840. The molecule has 0 spiro atoms. The van der Waals surface area contributed by atoms with Crippen LogP contribution in [0.5, 0.6) is 11.5 Å². The smallest absolute Gasteiger partial charge is 0.475 e. The van der Waals surface area contributed by atoms with Gasteiger partial charge in [-0.1, -0.05) is 56.0 Å². The lowest BCUT2D eigenvalue weighted by Gasteiger charge is -2.27. The standard InChI is InChI=1S/C29H32N4O2.C2HF3O2/c1-32(23-12-5-2-3-6-13-23)28(34)22-11-9-10-21(18-22)20-33-27-19-25(16-17-26(27)31-29(33)30)35-24-14-7-4-8-15-24;3-2(4,5)1(6)7/h4,7-11,14-19,23H,2-3,5-6,12-13,20H2,1H3,(H2,30,31);(H,6,7). The minimum Gasteiger partial charge on any atom is -0.475 e. The fourth-order valence-electron chi connectivity index (χ4n) is 4.98. The van der Waals surface area contributed by atoms with Crippen molar-refractivity contribution in [2.24, 2.45) is 0 Å². The van der Waals surface area contributed by atoms with E-state index in [1.807, 2.05) is 89.3 Å². The van der Waals surface area contributed by atoms with Crippen molar-refractivity contribution in [1.82, 2.24) is 14.5 Å². The number of nitrogens with zero attached hydrogens (tertiary/aromatic N) is 3. The molecule has 8 nitrogen and oxygen atoms in total. The molecule has 42 heavy (non-hydrogen) atoms. The summed E-state index contributed by atoms with van der Waals surface area (Å²) in [6, 6.07) is 23.6. The van der Waals surface area contributed by atoms with Gasteiger partial charge in [0.2, 0.25) is 5.95 Å². The fourth-order valence-corrected chi connectivity index (χ4v) is 4.98. The molecule has 0 radical (unpaired) electrons. The van der Waals surface area contributed by atoms with Gasteiger partial charge in [-0.2, -0.15) is 13.2 Å². The zero-order valence-corrected chi connectivity index (χ0v) is 23.2. The Balaban J connectivity index is 0.000000517. The van der Waals surface area contributed by atoms with Crippen molar-refractivity contribution in [3.63, 3.8) is 0 Å². The summed E-state index contributed by atoms with van der Waals surface area (Å²) in [6.07, 6.45) is 2.04. The maximum Gasteiger partial charge on any atom is 0.490 e. The number of aliphatic carboxylic acids is 1. The third kappa shape index (κ3) is 7.80. The van der Waals surface area contributed by atoms with E-state index in [1.165, 1.54) is 25.7 Å². The number of hydrogen-bond acceptors (Lipinski definition) is 5. The van der Waals surface area contributed by atoms with E-state index >= 15 is 0 Å². The Morgan fingerprint density at radius 1 is 0.976 bits per heavy atom. The Labute approximate surface area is 241 Å². The zero-order chi connectivity index (χ0) is 30.3. The molecule has 1 aliphatic rings. The van der Waals surface area contributed by atoms with Crippen molar-refractivity contribution in [3.05, 3.63) is 83.9 Å². The van der Waals surface area contributed by atoms with Crippen LogP contribution in [-0.2, 0) is 11.3 Å². The van der Waals surface area contributed by atoms with Crippen LogP contribution in [0.2, 0.25) is 0 Å². The van der Waals surface area contributed by atoms with Gasteiger partial charge in [-0.25, -0.2) is 9.78 Å². The first-order valence-corrected chi connectivity index (χ1v) is 13.7. The lowest BCUT2D eigenvalue weighted by atomic mass is 10.0. The van der Waals surface area contributed by atoms with E-state index in [4.69, 9.17) is 20.4 Å². The highest BCUT2D eigenvalue weighted by Gasteiger charge is 2.38. The van der Waals surface area contributed by atoms with Gasteiger partial charge in [-0.3, -0.25) is 4.79 Å². The maximum atomic E-state index is 13.3. The van der Waals surface area contributed by atoms with E-state index in [-0.39, 0.29) is 5.91 Å². The lowest BCUT2D eigenvalue weighted by molar-refractivity contribution is -0.192. The number of ether oxygens (including phenoxy) is 1. The molecule has 5 rings (SSSR count). The summed E-state index contributed by atoms with van der Waals surface area (Å²) in [5.41, 5.74) is 9.72. The average Bonchev–Trinajstić information content (AvgIpc) is 3.12. The van der Waals surface area contributed by atoms with Crippen molar-refractivity contribution < 1.29 is 32.6 Å². The van der Waals surface area contributed by atoms with Crippen LogP contribution in [0.25, 0.3) is 11.0 Å². The summed E-state index contributed by atoms with van der Waals surface area (Å²) >= 11 is 0. The predicted octanol–water partition coefficient (Wildman–Crippen LogP) is 6.89. The molecule has 1 aromatic heterocycles. The molecule has 0 saturated heterocycles. The first kappa shape index (κ1) is 30.4. The maximum absolute atomic E-state index is 13.3. The molecule has 1 aliphatic carbocycles. The molecule has 0 unspecified atom stereocenters. The molecule has 1 fully saturated rings. The van der Waals surface area contributed by atoms with E-state index in [0.29, 0.717) is 24.1 Å². The van der Waals surface area contributed by atoms with E-state index in [9.17, 15) is 18.0 Å². The number of imidazole rings is 1. The summed E-state index contributed by atoms with van der Waals surface area (Å²) in [7, 11) is 1.95. The minimum atomic E-state index is -5.08. The van der Waals surface area contributed by atoms with Gasteiger partial charge in [0.15, 0.2) is 0 Å². The number of amides is 1. The van der Waals surface area contributed by atoms with Crippen molar-refractivity contribution in [2.75, 3.05) is 12.8 Å². The number of nitrogen functional groups attached to an aromatic ring is 1. The molecule has 3 N–H and O–H groups in total. The molecular weight excluding hydrogens is 549 g/mol. The Morgan fingerprint density at radius 2 is 1.64 bits per heavy atom. The normalized spacial score (nSPS) is 14.0. The molecule has 0 bridgehead atoms. The molecule has 1 amide bonds. The van der Waals surface area contributed by atoms with Crippen LogP contribution in [0, 0.1) is 0 Å². The number of fused-ring (bicyclic) bond motifs is 1. The molecule has 0 aliphatic heterocycles. The molecule has 1 heterocycles. The second-order valence-corrected chi connectivity index (χ2v) is 10.2. The number of halogens is 3. The molecule has 11 heteroatoms. The van der Waals surface area contributed by atoms with E-state index in [0.717, 1.165) is 40.9 Å². The number of carboxylic acid groups (broad SMARTS) is 1. The summed E-state index contributed by atoms with van der Waals surface area (Å²) in [5, 5.41) is 7.12. The van der Waals surface area contributed by atoms with Gasteiger partial charge in [0.1, 0.15) is 11.5 Å². The number of carbonyl (C=O) groups is 2. The Kier molecular flexibility index (Phi) is 9.72. The average molecular weight is 583 g/mol. The number of nitrogens with two attached hydrogens (primary N) is 1. The first-order valence-electron chi connectivity index (χ1n) is 13.7. The SMILES string of the molecule is CN(C(=O)c1cccc(Cn2c(N)nc3ccc(Oc4ccccc4)cc32)c1)C1CCCCCC1.O=C(O)C(F)(F)F. The topological polar surface area (TPSA) is 111 Å². The molecule has 4 aromatic rings. The van der Waals surface area contributed by atoms with Crippen LogP contribution in [0.1, 0.15) is 54.4 Å². The summed E-state index contributed by atoms with van der Waals surface area (Å²) in [6.45, 7) is 0.519. The summed E-state index contributed by atoms with van der Waals surface area (Å²) in [4.78, 5) is 28.6. The molecular formula is C31H33F3N4O4. The Morgan fingerprint density at radius 3 is 2.29 bits per heavy atom. The largest absolute Gasteiger partial charge is 0.490 e. The van der Waals surface area contributed by atoms with Gasteiger partial charge >= 0.3 is 12.1 Å². The number of anilines is 1. The summed E-state index contributed by atoms with van der Waals surface area (Å²) in [5.74, 6) is -0.744. The van der Waals surface area contributed by atoms with Crippen molar-refractivity contribution >= 4 is 28.9 Å². The molecule has 3 aromatic carbocycles. The van der Waals surface area contributed by atoms with Crippen LogP contribution in [0.15, 0.2) is 72.8 Å². The van der Waals surface area contributed by atoms with Gasteiger partial charge in [0.25, 0.3) is 5.91 Å². The van der Waals surface area contributed by atoms with Gasteiger partial charge in [-0.05, 0) is 54.8 Å². The van der Waals surface area contributed by atoms with Gasteiger partial charge < -0.3 is 25.0 Å². The van der Waals surface area contributed by atoms with Crippen molar-refractivity contribution in [2.45, 2.75) is 57.3 Å². The fraction of sp³-hybridized carbons (Fsp3) is 0.323. The van der Waals surface area contributed by atoms with E-state index in [2.05, 4.69) is 4.98 Å².